The Bertz CT molecular complexity index is 371. The molecule has 0 unspecified atom stereocenters. The second kappa shape index (κ2) is 5.68. The minimum absolute atomic E-state index is 0.272. The molecule has 0 saturated heterocycles. The fraction of sp³-hybridized carbons (Fsp3) is 0.462. The molecular weight excluding hydrogens is 218 g/mol. The largest absolute Gasteiger partial charge is 0.497 e. The van der Waals surface area contributed by atoms with E-state index in [-0.39, 0.29) is 5.97 Å². The summed E-state index contributed by atoms with van der Waals surface area (Å²) < 4.78 is 9.79. The number of hydrogen-bond donors (Lipinski definition) is 1. The normalized spacial score (nSPS) is 11.1. The van der Waals surface area contributed by atoms with E-state index in [1.54, 1.807) is 21.0 Å². The first-order chi connectivity index (χ1) is 7.99. The molecule has 0 saturated carbocycles. The van der Waals surface area contributed by atoms with Crippen LogP contribution in [0.15, 0.2) is 24.3 Å². The number of benzene rings is 1. The van der Waals surface area contributed by atoms with Gasteiger partial charge in [0.05, 0.1) is 14.2 Å². The third-order valence-electron chi connectivity index (χ3n) is 2.59. The van der Waals surface area contributed by atoms with Gasteiger partial charge in [-0.15, -0.1) is 0 Å². The lowest BCUT2D eigenvalue weighted by atomic mass is 10.1. The zero-order valence-electron chi connectivity index (χ0n) is 10.7. The lowest BCUT2D eigenvalue weighted by Gasteiger charge is -2.23. The van der Waals surface area contributed by atoms with Crippen LogP contribution in [0.1, 0.15) is 19.4 Å². The van der Waals surface area contributed by atoms with Crippen molar-refractivity contribution in [3.63, 3.8) is 0 Å². The van der Waals surface area contributed by atoms with Crippen LogP contribution in [0, 0.1) is 0 Å². The van der Waals surface area contributed by atoms with Crippen molar-refractivity contribution in [1.82, 2.24) is 5.32 Å². The molecular formula is C13H19NO3. The number of methoxy groups -OCH3 is 2. The van der Waals surface area contributed by atoms with Gasteiger partial charge in [-0.1, -0.05) is 12.1 Å². The molecule has 0 heterocycles. The van der Waals surface area contributed by atoms with Gasteiger partial charge in [-0.05, 0) is 31.5 Å². The first kappa shape index (κ1) is 13.5. The van der Waals surface area contributed by atoms with Crippen molar-refractivity contribution in [2.45, 2.75) is 25.9 Å². The molecule has 0 aliphatic rings. The summed E-state index contributed by atoms with van der Waals surface area (Å²) in [5.41, 5.74) is 0.400. The van der Waals surface area contributed by atoms with Crippen LogP contribution >= 0.6 is 0 Å². The van der Waals surface area contributed by atoms with Gasteiger partial charge in [0.1, 0.15) is 11.3 Å². The fourth-order valence-corrected chi connectivity index (χ4v) is 1.39. The van der Waals surface area contributed by atoms with Gasteiger partial charge in [-0.25, -0.2) is 0 Å². The number of ether oxygens (including phenoxy) is 2. The molecule has 0 spiro atoms. The summed E-state index contributed by atoms with van der Waals surface area (Å²) in [5.74, 6) is 0.548. The van der Waals surface area contributed by atoms with Crippen LogP contribution in [-0.4, -0.2) is 25.7 Å². The highest BCUT2D eigenvalue weighted by Crippen LogP contribution is 2.12. The number of esters is 1. The van der Waals surface area contributed by atoms with E-state index in [2.05, 4.69) is 5.32 Å². The molecule has 0 fully saturated rings. The Morgan fingerprint density at radius 2 is 1.82 bits per heavy atom. The smallest absolute Gasteiger partial charge is 0.325 e. The molecule has 0 amide bonds. The second-order valence-corrected chi connectivity index (χ2v) is 4.32. The zero-order valence-corrected chi connectivity index (χ0v) is 10.7. The summed E-state index contributed by atoms with van der Waals surface area (Å²) >= 11 is 0. The van der Waals surface area contributed by atoms with E-state index in [1.165, 1.54) is 7.11 Å². The van der Waals surface area contributed by atoms with E-state index in [4.69, 9.17) is 9.47 Å². The van der Waals surface area contributed by atoms with E-state index in [9.17, 15) is 4.79 Å². The Kier molecular flexibility index (Phi) is 4.52. The van der Waals surface area contributed by atoms with Crippen LogP contribution in [0.2, 0.25) is 0 Å². The van der Waals surface area contributed by atoms with Gasteiger partial charge in [0.2, 0.25) is 0 Å². The fourth-order valence-electron chi connectivity index (χ4n) is 1.39. The predicted molar refractivity (Wildman–Crippen MR) is 65.9 cm³/mol. The number of carbonyl (C=O) groups excluding carboxylic acids is 1. The monoisotopic (exact) mass is 237 g/mol. The third kappa shape index (κ3) is 3.75. The van der Waals surface area contributed by atoms with Crippen LogP contribution in [0.4, 0.5) is 0 Å². The molecule has 17 heavy (non-hydrogen) atoms. The molecule has 0 aliphatic carbocycles. The minimum Gasteiger partial charge on any atom is -0.497 e. The Hall–Kier alpha value is -1.55. The van der Waals surface area contributed by atoms with E-state index in [0.29, 0.717) is 6.54 Å². The van der Waals surface area contributed by atoms with Crippen LogP contribution in [0.3, 0.4) is 0 Å². The van der Waals surface area contributed by atoms with Gasteiger partial charge < -0.3 is 9.47 Å². The molecule has 94 valence electrons. The van der Waals surface area contributed by atoms with Crippen molar-refractivity contribution in [2.75, 3.05) is 14.2 Å². The maximum atomic E-state index is 11.5. The van der Waals surface area contributed by atoms with Crippen LogP contribution in [0.25, 0.3) is 0 Å². The van der Waals surface area contributed by atoms with Crippen molar-refractivity contribution in [3.8, 4) is 5.75 Å². The van der Waals surface area contributed by atoms with Gasteiger partial charge in [-0.2, -0.15) is 0 Å². The summed E-state index contributed by atoms with van der Waals surface area (Å²) in [7, 11) is 3.02. The Morgan fingerprint density at radius 1 is 1.24 bits per heavy atom. The number of carbonyl (C=O) groups is 1. The molecule has 0 aromatic heterocycles. The van der Waals surface area contributed by atoms with Crippen molar-refractivity contribution >= 4 is 5.97 Å². The summed E-state index contributed by atoms with van der Waals surface area (Å²) in [5, 5.41) is 3.15. The first-order valence-corrected chi connectivity index (χ1v) is 5.46. The van der Waals surface area contributed by atoms with E-state index >= 15 is 0 Å². The van der Waals surface area contributed by atoms with Crippen LogP contribution < -0.4 is 10.1 Å². The van der Waals surface area contributed by atoms with Gasteiger partial charge >= 0.3 is 5.97 Å². The minimum atomic E-state index is -0.686. The standard InChI is InChI=1S/C13H19NO3/c1-13(2,12(15)17-4)14-9-10-5-7-11(16-3)8-6-10/h5-8,14H,9H2,1-4H3. The van der Waals surface area contributed by atoms with Gasteiger partial charge in [0, 0.05) is 6.54 Å². The van der Waals surface area contributed by atoms with Crippen LogP contribution in [-0.2, 0) is 16.1 Å². The first-order valence-electron chi connectivity index (χ1n) is 5.46. The SMILES string of the molecule is COC(=O)C(C)(C)NCc1ccc(OC)cc1. The van der Waals surface area contributed by atoms with Crippen molar-refractivity contribution in [3.05, 3.63) is 29.8 Å². The van der Waals surface area contributed by atoms with Gasteiger partial charge in [0.25, 0.3) is 0 Å². The van der Waals surface area contributed by atoms with Gasteiger partial charge in [0.15, 0.2) is 0 Å². The summed E-state index contributed by atoms with van der Waals surface area (Å²) in [4.78, 5) is 11.5. The lowest BCUT2D eigenvalue weighted by molar-refractivity contribution is -0.147. The zero-order chi connectivity index (χ0) is 12.9. The molecule has 1 aromatic rings. The summed E-state index contributed by atoms with van der Waals surface area (Å²) in [6.45, 7) is 4.19. The molecule has 0 aliphatic heterocycles. The van der Waals surface area contributed by atoms with Crippen molar-refractivity contribution in [1.29, 1.82) is 0 Å². The highest BCUT2D eigenvalue weighted by molar-refractivity contribution is 5.79. The van der Waals surface area contributed by atoms with E-state index in [1.807, 2.05) is 24.3 Å². The maximum Gasteiger partial charge on any atom is 0.325 e. The molecule has 1 rings (SSSR count). The third-order valence-corrected chi connectivity index (χ3v) is 2.59. The number of hydrogen-bond acceptors (Lipinski definition) is 4. The summed E-state index contributed by atoms with van der Waals surface area (Å²) in [6.07, 6.45) is 0. The molecule has 0 radical (unpaired) electrons. The Balaban J connectivity index is 2.57. The number of rotatable bonds is 5. The molecule has 0 atom stereocenters. The van der Waals surface area contributed by atoms with Crippen molar-refractivity contribution < 1.29 is 14.3 Å². The Labute approximate surface area is 102 Å². The summed E-state index contributed by atoms with van der Waals surface area (Å²) in [6, 6.07) is 7.70. The number of nitrogens with one attached hydrogen (secondary N) is 1. The average Bonchev–Trinajstić information content (AvgIpc) is 2.36. The molecule has 4 heteroatoms. The average molecular weight is 237 g/mol. The van der Waals surface area contributed by atoms with Gasteiger partial charge in [-0.3, -0.25) is 10.1 Å². The topological polar surface area (TPSA) is 47.6 Å². The molecule has 4 nitrogen and oxygen atoms in total. The quantitative estimate of drug-likeness (QED) is 0.792. The molecule has 1 aromatic carbocycles. The second-order valence-electron chi connectivity index (χ2n) is 4.32. The Morgan fingerprint density at radius 3 is 2.29 bits per heavy atom. The lowest BCUT2D eigenvalue weighted by Crippen LogP contribution is -2.46. The maximum absolute atomic E-state index is 11.5. The van der Waals surface area contributed by atoms with E-state index in [0.717, 1.165) is 11.3 Å². The van der Waals surface area contributed by atoms with Crippen LogP contribution in [0.5, 0.6) is 5.75 Å². The highest BCUT2D eigenvalue weighted by atomic mass is 16.5. The van der Waals surface area contributed by atoms with Crippen molar-refractivity contribution in [2.24, 2.45) is 0 Å². The highest BCUT2D eigenvalue weighted by Gasteiger charge is 2.27. The van der Waals surface area contributed by atoms with E-state index < -0.39 is 5.54 Å². The molecule has 1 N–H and O–H groups in total. The predicted octanol–water partition coefficient (Wildman–Crippen LogP) is 1.74. The molecule has 0 bridgehead atoms.